The Balaban J connectivity index is 3.50. The first-order valence-electron chi connectivity index (χ1n) is 3.29. The molecular formula is C8H4Cl3FO. The second-order valence-corrected chi connectivity index (χ2v) is 3.54. The van der Waals surface area contributed by atoms with Crippen LogP contribution in [0.2, 0.25) is 15.1 Å². The number of benzene rings is 1. The van der Waals surface area contributed by atoms with E-state index in [9.17, 15) is 9.18 Å². The van der Waals surface area contributed by atoms with Crippen LogP contribution in [0.25, 0.3) is 0 Å². The van der Waals surface area contributed by atoms with Crippen LogP contribution >= 0.6 is 34.8 Å². The van der Waals surface area contributed by atoms with Crippen molar-refractivity contribution in [3.63, 3.8) is 0 Å². The van der Waals surface area contributed by atoms with Gasteiger partial charge in [0.25, 0.3) is 0 Å². The lowest BCUT2D eigenvalue weighted by Crippen LogP contribution is -1.96. The zero-order valence-corrected chi connectivity index (χ0v) is 8.77. The van der Waals surface area contributed by atoms with Gasteiger partial charge in [0.1, 0.15) is 5.82 Å². The minimum atomic E-state index is -0.749. The summed E-state index contributed by atoms with van der Waals surface area (Å²) < 4.78 is 13.0. The fourth-order valence-electron chi connectivity index (χ4n) is 0.829. The molecule has 0 fully saturated rings. The SMILES string of the molecule is CC(=O)c1cc(F)c(Cl)c(Cl)c1Cl. The van der Waals surface area contributed by atoms with E-state index in [1.54, 1.807) is 0 Å². The lowest BCUT2D eigenvalue weighted by atomic mass is 10.1. The fraction of sp³-hybridized carbons (Fsp3) is 0.125. The Morgan fingerprint density at radius 1 is 1.23 bits per heavy atom. The van der Waals surface area contributed by atoms with Gasteiger partial charge in [-0.1, -0.05) is 34.8 Å². The zero-order valence-electron chi connectivity index (χ0n) is 6.50. The maximum absolute atomic E-state index is 13.0. The fourth-order valence-corrected chi connectivity index (χ4v) is 1.50. The van der Waals surface area contributed by atoms with Gasteiger partial charge in [0.2, 0.25) is 0 Å². The average Bonchev–Trinajstić information content (AvgIpc) is 2.07. The van der Waals surface area contributed by atoms with E-state index in [2.05, 4.69) is 0 Å². The standard InChI is InChI=1S/C8H4Cl3FO/c1-3(13)4-2-5(12)7(10)8(11)6(4)9/h2H,1H3. The van der Waals surface area contributed by atoms with Crippen molar-refractivity contribution in [1.29, 1.82) is 0 Å². The third kappa shape index (κ3) is 1.96. The molecule has 0 N–H and O–H groups in total. The van der Waals surface area contributed by atoms with Crippen molar-refractivity contribution in [3.05, 3.63) is 32.5 Å². The van der Waals surface area contributed by atoms with Gasteiger partial charge in [0.05, 0.1) is 15.1 Å². The first-order valence-corrected chi connectivity index (χ1v) is 4.42. The second kappa shape index (κ2) is 3.82. The average molecular weight is 241 g/mol. The summed E-state index contributed by atoms with van der Waals surface area (Å²) in [6.45, 7) is 1.27. The highest BCUT2D eigenvalue weighted by atomic mass is 35.5. The van der Waals surface area contributed by atoms with Crippen LogP contribution in [0.3, 0.4) is 0 Å². The molecule has 1 aromatic carbocycles. The third-order valence-corrected chi connectivity index (χ3v) is 2.82. The molecule has 0 aliphatic carbocycles. The lowest BCUT2D eigenvalue weighted by molar-refractivity contribution is 0.101. The Kier molecular flexibility index (Phi) is 3.17. The molecule has 5 heteroatoms. The predicted molar refractivity (Wildman–Crippen MR) is 51.4 cm³/mol. The number of carbonyl (C=O) groups is 1. The van der Waals surface area contributed by atoms with E-state index in [4.69, 9.17) is 34.8 Å². The number of hydrogen-bond acceptors (Lipinski definition) is 1. The number of halogens is 4. The lowest BCUT2D eigenvalue weighted by Gasteiger charge is -2.04. The van der Waals surface area contributed by atoms with Gasteiger partial charge in [-0.15, -0.1) is 0 Å². The molecule has 70 valence electrons. The zero-order chi connectivity index (χ0) is 10.2. The highest BCUT2D eigenvalue weighted by Crippen LogP contribution is 2.34. The molecule has 1 rings (SSSR count). The van der Waals surface area contributed by atoms with Gasteiger partial charge in [0, 0.05) is 5.56 Å². The van der Waals surface area contributed by atoms with Gasteiger partial charge in [-0.05, 0) is 13.0 Å². The smallest absolute Gasteiger partial charge is 0.161 e. The first-order chi connectivity index (χ1) is 5.95. The number of Topliss-reactive ketones (excluding diaryl/α,β-unsaturated/α-hetero) is 1. The molecule has 0 unspecified atom stereocenters. The van der Waals surface area contributed by atoms with Crippen LogP contribution in [0.4, 0.5) is 4.39 Å². The highest BCUT2D eigenvalue weighted by Gasteiger charge is 2.16. The summed E-state index contributed by atoms with van der Waals surface area (Å²) in [5.74, 6) is -1.11. The first kappa shape index (κ1) is 10.8. The predicted octanol–water partition coefficient (Wildman–Crippen LogP) is 3.99. The Morgan fingerprint density at radius 3 is 2.23 bits per heavy atom. The Morgan fingerprint density at radius 2 is 1.77 bits per heavy atom. The van der Waals surface area contributed by atoms with Crippen molar-refractivity contribution in [2.24, 2.45) is 0 Å². The molecule has 0 radical (unpaired) electrons. The van der Waals surface area contributed by atoms with Crippen molar-refractivity contribution in [3.8, 4) is 0 Å². The molecule has 0 aliphatic heterocycles. The van der Waals surface area contributed by atoms with E-state index in [-0.39, 0.29) is 26.4 Å². The monoisotopic (exact) mass is 240 g/mol. The summed E-state index contributed by atoms with van der Waals surface area (Å²) in [7, 11) is 0. The third-order valence-electron chi connectivity index (χ3n) is 1.48. The maximum Gasteiger partial charge on any atom is 0.161 e. The summed E-state index contributed by atoms with van der Waals surface area (Å²) in [5, 5.41) is -0.411. The van der Waals surface area contributed by atoms with Gasteiger partial charge in [-0.3, -0.25) is 4.79 Å². The number of ketones is 1. The summed E-state index contributed by atoms with van der Waals surface area (Å²) >= 11 is 16.7. The van der Waals surface area contributed by atoms with Crippen molar-refractivity contribution < 1.29 is 9.18 Å². The van der Waals surface area contributed by atoms with Crippen molar-refractivity contribution in [1.82, 2.24) is 0 Å². The molecule has 0 spiro atoms. The van der Waals surface area contributed by atoms with Crippen molar-refractivity contribution in [2.75, 3.05) is 0 Å². The molecule has 0 aliphatic rings. The van der Waals surface area contributed by atoms with Gasteiger partial charge >= 0.3 is 0 Å². The van der Waals surface area contributed by atoms with Crippen LogP contribution in [-0.4, -0.2) is 5.78 Å². The molecule has 0 bridgehead atoms. The number of carbonyl (C=O) groups excluding carboxylic acids is 1. The normalized spacial score (nSPS) is 10.2. The molecule has 0 aromatic heterocycles. The molecular weight excluding hydrogens is 237 g/mol. The molecule has 0 amide bonds. The Hall–Kier alpha value is -0.310. The van der Waals surface area contributed by atoms with Crippen LogP contribution in [0.1, 0.15) is 17.3 Å². The van der Waals surface area contributed by atoms with Crippen LogP contribution in [0, 0.1) is 5.82 Å². The molecule has 0 atom stereocenters. The van der Waals surface area contributed by atoms with Crippen molar-refractivity contribution >= 4 is 40.6 Å². The molecule has 1 aromatic rings. The summed E-state index contributed by atoms with van der Waals surface area (Å²) in [4.78, 5) is 10.9. The van der Waals surface area contributed by atoms with E-state index in [1.807, 2.05) is 0 Å². The second-order valence-electron chi connectivity index (χ2n) is 2.40. The summed E-state index contributed by atoms with van der Waals surface area (Å²) in [6.07, 6.45) is 0. The van der Waals surface area contributed by atoms with Crippen LogP contribution < -0.4 is 0 Å². The number of rotatable bonds is 1. The minimum Gasteiger partial charge on any atom is -0.294 e. The quantitative estimate of drug-likeness (QED) is 0.413. The van der Waals surface area contributed by atoms with E-state index in [0.717, 1.165) is 6.07 Å². The number of hydrogen-bond donors (Lipinski definition) is 0. The summed E-state index contributed by atoms with van der Waals surface area (Å²) in [6, 6.07) is 0.971. The molecule has 0 saturated heterocycles. The molecule has 1 nitrogen and oxygen atoms in total. The van der Waals surface area contributed by atoms with Gasteiger partial charge in [-0.25, -0.2) is 4.39 Å². The minimum absolute atomic E-state index is 0.0134. The van der Waals surface area contributed by atoms with Crippen molar-refractivity contribution in [2.45, 2.75) is 6.92 Å². The highest BCUT2D eigenvalue weighted by molar-refractivity contribution is 6.49. The summed E-state index contributed by atoms with van der Waals surface area (Å²) in [5.41, 5.74) is 0.0357. The Bertz CT molecular complexity index is 376. The largest absolute Gasteiger partial charge is 0.294 e. The van der Waals surface area contributed by atoms with Crippen LogP contribution in [0.15, 0.2) is 6.07 Å². The van der Waals surface area contributed by atoms with Gasteiger partial charge in [0.15, 0.2) is 5.78 Å². The topological polar surface area (TPSA) is 17.1 Å². The van der Waals surface area contributed by atoms with Gasteiger partial charge in [-0.2, -0.15) is 0 Å². The van der Waals surface area contributed by atoms with E-state index >= 15 is 0 Å². The van der Waals surface area contributed by atoms with E-state index < -0.39 is 5.82 Å². The van der Waals surface area contributed by atoms with Crippen LogP contribution in [0.5, 0.6) is 0 Å². The van der Waals surface area contributed by atoms with E-state index in [0.29, 0.717) is 0 Å². The molecule has 0 heterocycles. The Labute approximate surface area is 89.4 Å². The molecule has 13 heavy (non-hydrogen) atoms. The van der Waals surface area contributed by atoms with Crippen LogP contribution in [-0.2, 0) is 0 Å². The van der Waals surface area contributed by atoms with Gasteiger partial charge < -0.3 is 0 Å². The maximum atomic E-state index is 13.0. The molecule has 0 saturated carbocycles. The van der Waals surface area contributed by atoms with E-state index in [1.165, 1.54) is 6.92 Å².